The molecule has 0 heterocycles. The number of hydrogen-bond acceptors (Lipinski definition) is 6. The fourth-order valence-corrected chi connectivity index (χ4v) is 2.13. The summed E-state index contributed by atoms with van der Waals surface area (Å²) in [5.41, 5.74) is 6.50. The Morgan fingerprint density at radius 3 is 2.17 bits per heavy atom. The highest BCUT2D eigenvalue weighted by atomic mass is 16.9. The number of nitrogens with two attached hydrogens (primary N) is 1. The minimum absolute atomic E-state index is 0.371. The Balaban J connectivity index is 3.14. The van der Waals surface area contributed by atoms with Gasteiger partial charge in [0.05, 0.1) is 18.9 Å². The van der Waals surface area contributed by atoms with E-state index in [4.69, 9.17) is 29.4 Å². The molecule has 0 bridgehead atoms. The number of hydrogen-bond donors (Lipinski definition) is 1. The molecule has 1 aromatic rings. The van der Waals surface area contributed by atoms with Crippen LogP contribution in [0, 0.1) is 0 Å². The van der Waals surface area contributed by atoms with Crippen molar-refractivity contribution >= 4 is 5.69 Å². The van der Waals surface area contributed by atoms with Gasteiger partial charge in [-0.25, -0.2) is 0 Å². The van der Waals surface area contributed by atoms with Gasteiger partial charge in [-0.15, -0.1) is 0 Å². The number of anilines is 1. The predicted molar refractivity (Wildman–Crippen MR) is 93.7 cm³/mol. The molecule has 1 aromatic carbocycles. The van der Waals surface area contributed by atoms with Gasteiger partial charge in [-0.1, -0.05) is 25.5 Å². The van der Waals surface area contributed by atoms with Crippen molar-refractivity contribution in [2.45, 2.75) is 52.8 Å². The van der Waals surface area contributed by atoms with Crippen LogP contribution in [0.2, 0.25) is 0 Å². The van der Waals surface area contributed by atoms with Gasteiger partial charge < -0.3 is 29.4 Å². The largest absolute Gasteiger partial charge is 0.433 e. The fraction of sp³-hybridized carbons (Fsp3) is 0.667. The maximum atomic E-state index is 6.07. The van der Waals surface area contributed by atoms with Crippen molar-refractivity contribution in [2.75, 3.05) is 32.2 Å². The Morgan fingerprint density at radius 1 is 0.958 bits per heavy atom. The van der Waals surface area contributed by atoms with Crippen LogP contribution in [0.5, 0.6) is 5.75 Å². The lowest BCUT2D eigenvalue weighted by Crippen LogP contribution is -2.55. The van der Waals surface area contributed by atoms with Gasteiger partial charge in [0.15, 0.2) is 0 Å². The summed E-state index contributed by atoms with van der Waals surface area (Å²) >= 11 is 0. The molecule has 6 heteroatoms. The fourth-order valence-electron chi connectivity index (χ4n) is 2.13. The van der Waals surface area contributed by atoms with Gasteiger partial charge in [0.1, 0.15) is 5.75 Å². The van der Waals surface area contributed by atoms with Gasteiger partial charge in [-0.05, 0) is 39.3 Å². The molecular formula is C18H31NO5. The highest BCUT2D eigenvalue weighted by Gasteiger charge is 2.47. The number of benzene rings is 1. The van der Waals surface area contributed by atoms with Crippen molar-refractivity contribution in [2.24, 2.45) is 0 Å². The Kier molecular flexibility index (Phi) is 9.71. The molecule has 0 amide bonds. The van der Waals surface area contributed by atoms with E-state index in [-0.39, 0.29) is 0 Å². The van der Waals surface area contributed by atoms with Crippen molar-refractivity contribution in [3.63, 3.8) is 0 Å². The van der Waals surface area contributed by atoms with Crippen molar-refractivity contribution < 1.29 is 23.7 Å². The van der Waals surface area contributed by atoms with Crippen LogP contribution in [-0.4, -0.2) is 38.7 Å². The molecule has 1 atom stereocenters. The molecule has 6 nitrogen and oxygen atoms in total. The van der Waals surface area contributed by atoms with Gasteiger partial charge in [0, 0.05) is 13.2 Å². The zero-order chi connectivity index (χ0) is 17.8. The summed E-state index contributed by atoms with van der Waals surface area (Å²) in [6.07, 6.45) is 1.03. The van der Waals surface area contributed by atoms with E-state index >= 15 is 0 Å². The number of nitrogen functional groups attached to an aromatic ring is 1. The number of unbranched alkanes of at least 4 members (excludes halogenated alkanes) is 1. The van der Waals surface area contributed by atoms with Gasteiger partial charge >= 0.3 is 5.97 Å². The van der Waals surface area contributed by atoms with Crippen LogP contribution in [0.15, 0.2) is 24.3 Å². The first-order chi connectivity index (χ1) is 11.6. The van der Waals surface area contributed by atoms with Crippen LogP contribution < -0.4 is 10.5 Å². The van der Waals surface area contributed by atoms with E-state index in [9.17, 15) is 0 Å². The molecule has 0 saturated carbocycles. The molecule has 1 rings (SSSR count). The smallest absolute Gasteiger partial charge is 0.381 e. The molecule has 0 radical (unpaired) electrons. The summed E-state index contributed by atoms with van der Waals surface area (Å²) in [4.78, 5) is 0. The summed E-state index contributed by atoms with van der Waals surface area (Å²) in [7, 11) is 0. The average molecular weight is 341 g/mol. The summed E-state index contributed by atoms with van der Waals surface area (Å²) in [6, 6.07) is 7.20. The number of rotatable bonds is 13. The topological polar surface area (TPSA) is 72.2 Å². The summed E-state index contributed by atoms with van der Waals surface area (Å²) in [5.74, 6) is -1.04. The SMILES string of the molecule is CCCCOC(OCC)(Oc1ccccc1N)C(OCC)OCC. The normalized spacial score (nSPS) is 13.9. The van der Waals surface area contributed by atoms with Gasteiger partial charge in [-0.3, -0.25) is 0 Å². The van der Waals surface area contributed by atoms with E-state index in [0.717, 1.165) is 12.8 Å². The molecule has 2 N–H and O–H groups in total. The molecule has 1 unspecified atom stereocenters. The molecule has 0 spiro atoms. The molecule has 0 fully saturated rings. The van der Waals surface area contributed by atoms with Crippen LogP contribution in [0.25, 0.3) is 0 Å². The Bertz CT molecular complexity index is 451. The summed E-state index contributed by atoms with van der Waals surface area (Å²) in [6.45, 7) is 9.41. The molecule has 0 saturated heterocycles. The molecular weight excluding hydrogens is 310 g/mol. The lowest BCUT2D eigenvalue weighted by molar-refractivity contribution is -0.427. The Labute approximate surface area is 145 Å². The molecule has 0 aliphatic heterocycles. The standard InChI is InChI=1S/C18H31NO5/c1-5-9-14-23-18(22-8-4,17(20-6-2)21-7-3)24-16-13-11-10-12-15(16)19/h10-13,17H,5-9,14,19H2,1-4H3. The Morgan fingerprint density at radius 2 is 1.62 bits per heavy atom. The average Bonchev–Trinajstić information content (AvgIpc) is 2.57. The van der Waals surface area contributed by atoms with Crippen molar-refractivity contribution in [3.8, 4) is 5.75 Å². The summed E-state index contributed by atoms with van der Waals surface area (Å²) < 4.78 is 29.3. The van der Waals surface area contributed by atoms with Crippen molar-refractivity contribution in [1.82, 2.24) is 0 Å². The Hall–Kier alpha value is -1.34. The monoisotopic (exact) mass is 341 g/mol. The first-order valence-corrected chi connectivity index (χ1v) is 8.68. The second-order valence-corrected chi connectivity index (χ2v) is 5.12. The van der Waals surface area contributed by atoms with Crippen LogP contribution in [0.1, 0.15) is 40.5 Å². The van der Waals surface area contributed by atoms with Gasteiger partial charge in [0.2, 0.25) is 0 Å². The zero-order valence-corrected chi connectivity index (χ0v) is 15.2. The summed E-state index contributed by atoms with van der Waals surface area (Å²) in [5, 5.41) is 0. The van der Waals surface area contributed by atoms with Gasteiger partial charge in [0.25, 0.3) is 6.29 Å². The second kappa shape index (κ2) is 11.3. The molecule has 0 aliphatic rings. The molecule has 24 heavy (non-hydrogen) atoms. The van der Waals surface area contributed by atoms with E-state index in [0.29, 0.717) is 37.9 Å². The van der Waals surface area contributed by atoms with Crippen LogP contribution in [0.3, 0.4) is 0 Å². The molecule has 138 valence electrons. The van der Waals surface area contributed by atoms with Crippen molar-refractivity contribution in [1.29, 1.82) is 0 Å². The predicted octanol–water partition coefficient (Wildman–Crippen LogP) is 3.55. The third-order valence-corrected chi connectivity index (χ3v) is 3.24. The van der Waals surface area contributed by atoms with Crippen molar-refractivity contribution in [3.05, 3.63) is 24.3 Å². The third-order valence-electron chi connectivity index (χ3n) is 3.24. The molecule has 0 aliphatic carbocycles. The lowest BCUT2D eigenvalue weighted by Gasteiger charge is -2.38. The quantitative estimate of drug-likeness (QED) is 0.336. The number of ether oxygens (including phenoxy) is 5. The van der Waals surface area contributed by atoms with Crippen LogP contribution in [-0.2, 0) is 18.9 Å². The first kappa shape index (κ1) is 20.7. The first-order valence-electron chi connectivity index (χ1n) is 8.68. The minimum Gasteiger partial charge on any atom is -0.433 e. The minimum atomic E-state index is -1.51. The van der Waals surface area contributed by atoms with E-state index in [2.05, 4.69) is 6.92 Å². The van der Waals surface area contributed by atoms with Crippen LogP contribution in [0.4, 0.5) is 5.69 Å². The van der Waals surface area contributed by atoms with E-state index < -0.39 is 12.3 Å². The van der Waals surface area contributed by atoms with E-state index in [1.807, 2.05) is 32.9 Å². The van der Waals surface area contributed by atoms with E-state index in [1.54, 1.807) is 12.1 Å². The highest BCUT2D eigenvalue weighted by Crippen LogP contribution is 2.31. The maximum Gasteiger partial charge on any atom is 0.381 e. The molecule has 0 aromatic heterocycles. The third kappa shape index (κ3) is 5.94. The van der Waals surface area contributed by atoms with E-state index in [1.165, 1.54) is 0 Å². The zero-order valence-electron chi connectivity index (χ0n) is 15.2. The lowest BCUT2D eigenvalue weighted by atomic mass is 10.3. The second-order valence-electron chi connectivity index (χ2n) is 5.12. The van der Waals surface area contributed by atoms with Gasteiger partial charge in [-0.2, -0.15) is 0 Å². The number of para-hydroxylation sites is 2. The maximum absolute atomic E-state index is 6.07. The van der Waals surface area contributed by atoms with Crippen LogP contribution >= 0.6 is 0 Å². The highest BCUT2D eigenvalue weighted by molar-refractivity contribution is 5.51.